The molecule has 0 spiro atoms. The van der Waals surface area contributed by atoms with E-state index in [-0.39, 0.29) is 11.4 Å². The second kappa shape index (κ2) is 5.50. The fraction of sp³-hybridized carbons (Fsp3) is 0.167. The van der Waals surface area contributed by atoms with E-state index < -0.39 is 12.1 Å². The van der Waals surface area contributed by atoms with Crippen LogP contribution in [0.5, 0.6) is 5.75 Å². The van der Waals surface area contributed by atoms with Crippen LogP contribution in [0.15, 0.2) is 24.5 Å². The van der Waals surface area contributed by atoms with Gasteiger partial charge in [-0.25, -0.2) is 0 Å². The zero-order valence-electron chi connectivity index (χ0n) is 11.5. The highest BCUT2D eigenvalue weighted by Crippen LogP contribution is 2.33. The summed E-state index contributed by atoms with van der Waals surface area (Å²) in [4.78, 5) is 11.7. The van der Waals surface area contributed by atoms with Crippen LogP contribution in [0.2, 0.25) is 0 Å². The van der Waals surface area contributed by atoms with Gasteiger partial charge in [-0.05, 0) is 18.2 Å². The molecule has 0 bridgehead atoms. The number of ether oxygens (including phenoxy) is 1. The molecule has 0 saturated heterocycles. The summed E-state index contributed by atoms with van der Waals surface area (Å²) in [5.41, 5.74) is 0.414. The van der Waals surface area contributed by atoms with E-state index in [1.54, 1.807) is 11.4 Å². The Morgan fingerprint density at radius 3 is 2.83 bits per heavy atom. The Labute approximate surface area is 130 Å². The van der Waals surface area contributed by atoms with E-state index in [0.717, 1.165) is 0 Å². The van der Waals surface area contributed by atoms with E-state index in [9.17, 15) is 18.0 Å². The summed E-state index contributed by atoms with van der Waals surface area (Å²) in [6.45, 7) is 0. The first-order valence-electron chi connectivity index (χ1n) is 6.12. The van der Waals surface area contributed by atoms with Crippen molar-refractivity contribution in [3.63, 3.8) is 0 Å². The molecule has 0 unspecified atom stereocenters. The van der Waals surface area contributed by atoms with Crippen LogP contribution in [-0.2, 0) is 4.79 Å². The van der Waals surface area contributed by atoms with Crippen LogP contribution in [0.4, 0.5) is 18.9 Å². The number of nitrogens with zero attached hydrogens (tertiary/aromatic N) is 4. The molecule has 23 heavy (non-hydrogen) atoms. The third kappa shape index (κ3) is 2.95. The van der Waals surface area contributed by atoms with Crippen molar-refractivity contribution in [2.75, 3.05) is 12.4 Å². The number of nitrogens with one attached hydrogen (secondary N) is 1. The van der Waals surface area contributed by atoms with E-state index in [4.69, 9.17) is 4.74 Å². The summed E-state index contributed by atoms with van der Waals surface area (Å²) >= 11 is 1.21. The van der Waals surface area contributed by atoms with Gasteiger partial charge in [0.1, 0.15) is 17.1 Å². The third-order valence-electron chi connectivity index (χ3n) is 2.84. The van der Waals surface area contributed by atoms with E-state index in [1.165, 1.54) is 41.4 Å². The zero-order chi connectivity index (χ0) is 16.6. The largest absolute Gasteiger partial charge is 0.495 e. The number of halogens is 3. The smallest absolute Gasteiger partial charge is 0.471 e. The maximum Gasteiger partial charge on any atom is 0.471 e. The fourth-order valence-corrected chi connectivity index (χ4v) is 2.62. The molecule has 0 aliphatic heterocycles. The normalized spacial score (nSPS) is 11.7. The molecule has 11 heteroatoms. The molecule has 0 aliphatic carbocycles. The number of rotatable bonds is 3. The molecular formula is C12H8F3N5O2S. The summed E-state index contributed by atoms with van der Waals surface area (Å²) in [5, 5.41) is 14.0. The Morgan fingerprint density at radius 2 is 2.17 bits per heavy atom. The van der Waals surface area contributed by atoms with Gasteiger partial charge in [-0.1, -0.05) is 11.3 Å². The molecular weight excluding hydrogens is 335 g/mol. The number of carbonyl (C=O) groups excluding carboxylic acids is 1. The molecule has 2 aromatic heterocycles. The van der Waals surface area contributed by atoms with E-state index >= 15 is 0 Å². The molecule has 0 aliphatic rings. The van der Waals surface area contributed by atoms with E-state index in [0.29, 0.717) is 15.5 Å². The van der Waals surface area contributed by atoms with Crippen molar-refractivity contribution in [3.05, 3.63) is 24.5 Å². The second-order valence-corrected chi connectivity index (χ2v) is 5.29. The highest BCUT2D eigenvalue weighted by atomic mass is 32.1. The van der Waals surface area contributed by atoms with Crippen molar-refractivity contribution in [1.29, 1.82) is 0 Å². The first-order valence-corrected chi connectivity index (χ1v) is 6.93. The van der Waals surface area contributed by atoms with Gasteiger partial charge in [-0.15, -0.1) is 10.2 Å². The van der Waals surface area contributed by atoms with Crippen LogP contribution in [0, 0.1) is 0 Å². The molecule has 1 N–H and O–H groups in total. The van der Waals surface area contributed by atoms with Gasteiger partial charge in [-0.3, -0.25) is 4.79 Å². The van der Waals surface area contributed by atoms with Crippen molar-refractivity contribution in [2.24, 2.45) is 0 Å². The molecule has 0 atom stereocenters. The molecule has 3 rings (SSSR count). The number of alkyl halides is 3. The Morgan fingerprint density at radius 1 is 1.39 bits per heavy atom. The van der Waals surface area contributed by atoms with Gasteiger partial charge in [0, 0.05) is 5.56 Å². The molecule has 7 nitrogen and oxygen atoms in total. The van der Waals surface area contributed by atoms with Gasteiger partial charge in [0.15, 0.2) is 0 Å². The lowest BCUT2D eigenvalue weighted by molar-refractivity contribution is -0.167. The van der Waals surface area contributed by atoms with Gasteiger partial charge < -0.3 is 10.1 Å². The minimum absolute atomic E-state index is 0.0988. The fourth-order valence-electron chi connectivity index (χ4n) is 1.81. The maximum atomic E-state index is 12.4. The topological polar surface area (TPSA) is 81.4 Å². The maximum absolute atomic E-state index is 12.4. The SMILES string of the molecule is COc1ccc(-c2nn3cnnc3s2)cc1NC(=O)C(F)(F)F. The highest BCUT2D eigenvalue weighted by molar-refractivity contribution is 7.19. The quantitative estimate of drug-likeness (QED) is 0.789. The number of aromatic nitrogens is 4. The van der Waals surface area contributed by atoms with Gasteiger partial charge in [0.2, 0.25) is 4.96 Å². The van der Waals surface area contributed by atoms with Crippen molar-refractivity contribution >= 4 is 27.9 Å². The minimum atomic E-state index is -4.99. The molecule has 0 saturated carbocycles. The summed E-state index contributed by atoms with van der Waals surface area (Å²) in [5.74, 6) is -1.97. The second-order valence-electron chi connectivity index (χ2n) is 4.33. The number of carbonyl (C=O) groups is 1. The highest BCUT2D eigenvalue weighted by Gasteiger charge is 2.39. The Bertz CT molecular complexity index is 845. The summed E-state index contributed by atoms with van der Waals surface area (Å²) < 4.78 is 43.6. The van der Waals surface area contributed by atoms with Crippen molar-refractivity contribution < 1.29 is 22.7 Å². The predicted molar refractivity (Wildman–Crippen MR) is 75.3 cm³/mol. The van der Waals surface area contributed by atoms with Gasteiger partial charge in [0.25, 0.3) is 0 Å². The van der Waals surface area contributed by atoms with Crippen LogP contribution >= 0.6 is 11.3 Å². The van der Waals surface area contributed by atoms with Crippen molar-refractivity contribution in [2.45, 2.75) is 6.18 Å². The zero-order valence-corrected chi connectivity index (χ0v) is 12.3. The van der Waals surface area contributed by atoms with E-state index in [1.807, 2.05) is 0 Å². The first kappa shape index (κ1) is 15.2. The molecule has 120 valence electrons. The Kier molecular flexibility index (Phi) is 3.64. The average molecular weight is 343 g/mol. The van der Waals surface area contributed by atoms with Crippen LogP contribution in [-0.4, -0.2) is 39.0 Å². The van der Waals surface area contributed by atoms with Crippen LogP contribution in [0.3, 0.4) is 0 Å². The standard InChI is InChI=1S/C12H8F3N5O2S/c1-22-8-3-2-6(4-7(8)17-10(21)12(13,14)15)9-19-20-5-16-18-11(20)23-9/h2-5H,1H3,(H,17,21). The predicted octanol–water partition coefficient (Wildman–Crippen LogP) is 2.36. The molecule has 1 amide bonds. The summed E-state index contributed by atoms with van der Waals surface area (Å²) in [7, 11) is 1.29. The number of benzene rings is 1. The Hall–Kier alpha value is -2.69. The van der Waals surface area contributed by atoms with E-state index in [2.05, 4.69) is 15.3 Å². The molecule has 0 radical (unpaired) electrons. The lowest BCUT2D eigenvalue weighted by Gasteiger charge is -2.12. The minimum Gasteiger partial charge on any atom is -0.495 e. The summed E-state index contributed by atoms with van der Waals surface area (Å²) in [6, 6.07) is 4.42. The molecule has 2 heterocycles. The lowest BCUT2D eigenvalue weighted by Crippen LogP contribution is -2.30. The van der Waals surface area contributed by atoms with Crippen LogP contribution < -0.4 is 10.1 Å². The first-order chi connectivity index (χ1) is 10.9. The third-order valence-corrected chi connectivity index (χ3v) is 3.80. The number of amides is 1. The Balaban J connectivity index is 1.98. The summed E-state index contributed by atoms with van der Waals surface area (Å²) in [6.07, 6.45) is -3.58. The molecule has 3 aromatic rings. The molecule has 0 fully saturated rings. The van der Waals surface area contributed by atoms with Gasteiger partial charge in [0.05, 0.1) is 12.8 Å². The van der Waals surface area contributed by atoms with Gasteiger partial charge >= 0.3 is 12.1 Å². The van der Waals surface area contributed by atoms with Crippen LogP contribution in [0.1, 0.15) is 0 Å². The number of methoxy groups -OCH3 is 1. The number of hydrogen-bond donors (Lipinski definition) is 1. The molecule has 1 aromatic carbocycles. The monoisotopic (exact) mass is 343 g/mol. The number of anilines is 1. The van der Waals surface area contributed by atoms with Crippen molar-refractivity contribution in [3.8, 4) is 16.3 Å². The number of hydrogen-bond acceptors (Lipinski definition) is 6. The number of fused-ring (bicyclic) bond motifs is 1. The average Bonchev–Trinajstić information content (AvgIpc) is 3.07. The van der Waals surface area contributed by atoms with Gasteiger partial charge in [-0.2, -0.15) is 22.8 Å². The lowest BCUT2D eigenvalue weighted by atomic mass is 10.2. The van der Waals surface area contributed by atoms with Crippen molar-refractivity contribution in [1.82, 2.24) is 19.8 Å². The van der Waals surface area contributed by atoms with Crippen LogP contribution in [0.25, 0.3) is 15.5 Å².